The largest absolute Gasteiger partial charge is 0.454 e. The first-order valence-corrected chi connectivity index (χ1v) is 12.7. The van der Waals surface area contributed by atoms with Gasteiger partial charge in [0.15, 0.2) is 6.20 Å². The van der Waals surface area contributed by atoms with Crippen LogP contribution in [0.5, 0.6) is 0 Å². The normalized spacial score (nSPS) is 11.9. The summed E-state index contributed by atoms with van der Waals surface area (Å²) in [6.07, 6.45) is 2.04. The van der Waals surface area contributed by atoms with E-state index in [4.69, 9.17) is 4.42 Å². The average molecular weight is 491 g/mol. The molecule has 0 aliphatic heterocycles. The van der Waals surface area contributed by atoms with Crippen LogP contribution in [0.25, 0.3) is 65.9 Å². The summed E-state index contributed by atoms with van der Waals surface area (Å²) in [5.41, 5.74) is 7.55. The maximum atomic E-state index is 10.4. The van der Waals surface area contributed by atoms with Gasteiger partial charge in [-0.3, -0.25) is 0 Å². The van der Waals surface area contributed by atoms with Crippen LogP contribution in [0.3, 0.4) is 0 Å². The lowest BCUT2D eigenvalue weighted by molar-refractivity contribution is -0.660. The van der Waals surface area contributed by atoms with E-state index in [0.29, 0.717) is 22.8 Å². The molecule has 7 aromatic rings. The zero-order chi connectivity index (χ0) is 26.8. The number of benzene rings is 5. The van der Waals surface area contributed by atoms with E-state index in [1.165, 1.54) is 0 Å². The molecule has 0 saturated carbocycles. The molecule has 0 N–H and O–H groups in total. The number of furan rings is 1. The minimum atomic E-state index is 0.400. The van der Waals surface area contributed by atoms with Crippen molar-refractivity contribution in [1.82, 2.24) is 0 Å². The minimum Gasteiger partial charge on any atom is -0.454 e. The summed E-state index contributed by atoms with van der Waals surface area (Å²) >= 11 is 0. The maximum Gasteiger partial charge on any atom is 0.216 e. The molecular weight excluding hydrogens is 464 g/mol. The number of aromatic nitrogens is 1. The predicted molar refractivity (Wildman–Crippen MR) is 155 cm³/mol. The second kappa shape index (κ2) is 8.30. The second-order valence-corrected chi connectivity index (χ2v) is 9.96. The Bertz CT molecular complexity index is 2180. The number of rotatable bonds is 2. The van der Waals surface area contributed by atoms with Crippen molar-refractivity contribution in [3.05, 3.63) is 114 Å². The third kappa shape index (κ3) is 3.11. The van der Waals surface area contributed by atoms with Crippen LogP contribution < -0.4 is 4.57 Å². The fourth-order valence-electron chi connectivity index (χ4n) is 5.91. The van der Waals surface area contributed by atoms with Crippen molar-refractivity contribution in [3.8, 4) is 28.5 Å². The second-order valence-electron chi connectivity index (χ2n) is 9.96. The van der Waals surface area contributed by atoms with E-state index in [0.717, 1.165) is 65.8 Å². The van der Waals surface area contributed by atoms with Gasteiger partial charge in [-0.05, 0) is 70.3 Å². The van der Waals surface area contributed by atoms with Crippen LogP contribution in [0, 0.1) is 25.2 Å². The molecule has 0 atom stereocenters. The number of nitrogens with zero attached hydrogens (tertiary/aromatic N) is 2. The summed E-state index contributed by atoms with van der Waals surface area (Å²) in [5, 5.41) is 16.2. The lowest BCUT2D eigenvalue weighted by Crippen LogP contribution is -2.30. The Labute approximate surface area is 222 Å². The molecule has 0 bridgehead atoms. The van der Waals surface area contributed by atoms with Gasteiger partial charge < -0.3 is 4.42 Å². The van der Waals surface area contributed by atoms with Gasteiger partial charge in [0.2, 0.25) is 5.69 Å². The van der Waals surface area contributed by atoms with E-state index in [9.17, 15) is 6.63 Å². The predicted octanol–water partition coefficient (Wildman–Crippen LogP) is 8.54. The number of nitriles is 1. The monoisotopic (exact) mass is 490 g/mol. The smallest absolute Gasteiger partial charge is 0.216 e. The zero-order valence-corrected chi connectivity index (χ0v) is 21.5. The molecule has 2 heterocycles. The molecule has 0 aliphatic rings. The van der Waals surface area contributed by atoms with E-state index in [-0.39, 0.29) is 0 Å². The molecule has 7 rings (SSSR count). The summed E-state index contributed by atoms with van der Waals surface area (Å²) < 4.78 is 18.3. The Hall–Kier alpha value is -4.94. The van der Waals surface area contributed by atoms with Gasteiger partial charge in [0.25, 0.3) is 0 Å². The molecule has 180 valence electrons. The Morgan fingerprint density at radius 3 is 2.29 bits per heavy atom. The summed E-state index contributed by atoms with van der Waals surface area (Å²) in [5.74, 6) is 0. The van der Waals surface area contributed by atoms with Crippen LogP contribution in [-0.2, 0) is 7.05 Å². The highest BCUT2D eigenvalue weighted by atomic mass is 16.3. The number of pyridine rings is 1. The number of hydrogen-bond acceptors (Lipinski definition) is 2. The molecule has 0 aliphatic carbocycles. The van der Waals surface area contributed by atoms with Crippen molar-refractivity contribution in [2.75, 3.05) is 0 Å². The highest BCUT2D eigenvalue weighted by Gasteiger charge is 2.25. The molecule has 5 aromatic carbocycles. The van der Waals surface area contributed by atoms with Gasteiger partial charge in [-0.25, -0.2) is 4.57 Å². The van der Waals surface area contributed by atoms with Gasteiger partial charge in [0, 0.05) is 28.5 Å². The topological polar surface area (TPSA) is 40.8 Å². The summed E-state index contributed by atoms with van der Waals surface area (Å²) in [6.45, 7) is 4.13. The molecule has 38 heavy (non-hydrogen) atoms. The average Bonchev–Trinajstić information content (AvgIpc) is 3.35. The molecule has 2 aromatic heterocycles. The fourth-order valence-corrected chi connectivity index (χ4v) is 5.91. The maximum absolute atomic E-state index is 10.4. The molecular formula is C35H25N2O+. The Morgan fingerprint density at radius 2 is 1.50 bits per heavy atom. The fraction of sp³-hybridized carbons (Fsp3) is 0.0857. The van der Waals surface area contributed by atoms with E-state index >= 15 is 0 Å². The van der Waals surface area contributed by atoms with Gasteiger partial charge >= 0.3 is 0 Å². The van der Waals surface area contributed by atoms with E-state index in [2.05, 4.69) is 47.9 Å². The summed E-state index contributed by atoms with van der Waals surface area (Å²) in [6, 6.07) is 31.3. The first-order valence-electron chi connectivity index (χ1n) is 13.2. The molecule has 3 nitrogen and oxygen atoms in total. The van der Waals surface area contributed by atoms with E-state index in [1.54, 1.807) is 0 Å². The van der Waals surface area contributed by atoms with Gasteiger partial charge in [-0.1, -0.05) is 60.7 Å². The highest BCUT2D eigenvalue weighted by molar-refractivity contribution is 6.20. The lowest BCUT2D eigenvalue weighted by atomic mass is 9.89. The quantitative estimate of drug-likeness (QED) is 0.180. The van der Waals surface area contributed by atoms with Crippen LogP contribution in [0.1, 0.15) is 18.1 Å². The van der Waals surface area contributed by atoms with Crippen LogP contribution in [-0.4, -0.2) is 0 Å². The Kier molecular flexibility index (Phi) is 4.62. The third-order valence-corrected chi connectivity index (χ3v) is 7.67. The molecule has 3 heteroatoms. The van der Waals surface area contributed by atoms with Crippen molar-refractivity contribution >= 4 is 43.5 Å². The summed E-state index contributed by atoms with van der Waals surface area (Å²) in [4.78, 5) is 0. The zero-order valence-electron chi connectivity index (χ0n) is 22.5. The number of hydrogen-bond donors (Lipinski definition) is 0. The Morgan fingerprint density at radius 1 is 0.763 bits per heavy atom. The van der Waals surface area contributed by atoms with Gasteiger partial charge in [0.05, 0.1) is 18.6 Å². The van der Waals surface area contributed by atoms with Crippen molar-refractivity contribution in [2.24, 2.45) is 7.05 Å². The van der Waals surface area contributed by atoms with E-state index in [1.807, 2.05) is 74.8 Å². The molecule has 0 fully saturated rings. The van der Waals surface area contributed by atoms with E-state index < -0.39 is 0 Å². The van der Waals surface area contributed by atoms with Gasteiger partial charge in [-0.2, -0.15) is 5.26 Å². The third-order valence-electron chi connectivity index (χ3n) is 7.67. The van der Waals surface area contributed by atoms with Crippen LogP contribution in [0.15, 0.2) is 102 Å². The number of aryl methyl sites for hydroxylation is 3. The van der Waals surface area contributed by atoms with Crippen LogP contribution in [0.2, 0.25) is 0 Å². The van der Waals surface area contributed by atoms with Gasteiger partial charge in [0.1, 0.15) is 18.2 Å². The van der Waals surface area contributed by atoms with Crippen molar-refractivity contribution in [1.29, 1.82) is 5.26 Å². The minimum absolute atomic E-state index is 0.400. The molecule has 0 amide bonds. The lowest BCUT2D eigenvalue weighted by Gasteiger charge is -2.13. The van der Waals surface area contributed by atoms with Crippen molar-refractivity contribution < 1.29 is 10.4 Å². The molecule has 0 saturated heterocycles. The molecule has 0 radical (unpaired) electrons. The Balaban J connectivity index is 1.71. The van der Waals surface area contributed by atoms with Crippen molar-refractivity contribution in [3.63, 3.8) is 0 Å². The summed E-state index contributed by atoms with van der Waals surface area (Å²) in [7, 11) is 2.04. The first-order chi connectivity index (χ1) is 19.0. The van der Waals surface area contributed by atoms with Gasteiger partial charge in [-0.15, -0.1) is 0 Å². The SMILES string of the molecule is [2H]c1c(-c2c(C#N)cc(C)c3c2oc2c(-c4cccc[n+]4C)c(C)ccc23)c2ccccc2c2ccccc12. The van der Waals surface area contributed by atoms with Crippen LogP contribution in [0.4, 0.5) is 0 Å². The molecule has 0 unspecified atom stereocenters. The first kappa shape index (κ1) is 21.2. The van der Waals surface area contributed by atoms with Crippen LogP contribution >= 0.6 is 0 Å². The van der Waals surface area contributed by atoms with Crippen molar-refractivity contribution in [2.45, 2.75) is 13.8 Å². The standard InChI is InChI=1S/C35H25N2O/c1-21-15-16-28-31-22(2)18-24(20-36)33(35(31)38-34(28)32(21)30-14-8-9-17-37(30)3)29-19-23-10-4-5-11-25(23)26-12-6-7-13-27(26)29/h4-19H,1-3H3/q+1/i19D. The molecule has 0 spiro atoms. The highest BCUT2D eigenvalue weighted by Crippen LogP contribution is 2.45. The number of fused-ring (bicyclic) bond motifs is 6.